The molecule has 1 aromatic carbocycles. The Hall–Kier alpha value is -2.86. The second-order valence-corrected chi connectivity index (χ2v) is 8.99. The topological polar surface area (TPSA) is 50.1 Å². The number of nitrogens with zero attached hydrogens (tertiary/aromatic N) is 4. The van der Waals surface area contributed by atoms with E-state index in [2.05, 4.69) is 29.1 Å². The number of rotatable bonds is 7. The molecule has 0 bridgehead atoms. The first-order valence-corrected chi connectivity index (χ1v) is 11.3. The molecule has 2 fully saturated rings. The van der Waals surface area contributed by atoms with Gasteiger partial charge >= 0.3 is 0 Å². The molecular formula is C25H30N4O2. The summed E-state index contributed by atoms with van der Waals surface area (Å²) in [6.45, 7) is 3.62. The van der Waals surface area contributed by atoms with Gasteiger partial charge < -0.3 is 18.9 Å². The van der Waals surface area contributed by atoms with Gasteiger partial charge in [0.25, 0.3) is 5.91 Å². The zero-order valence-electron chi connectivity index (χ0n) is 18.1. The summed E-state index contributed by atoms with van der Waals surface area (Å²) in [4.78, 5) is 22.1. The van der Waals surface area contributed by atoms with Crippen molar-refractivity contribution in [3.05, 3.63) is 66.1 Å². The maximum absolute atomic E-state index is 13.3. The van der Waals surface area contributed by atoms with Gasteiger partial charge in [0.2, 0.25) is 0 Å². The molecule has 0 spiro atoms. The van der Waals surface area contributed by atoms with Gasteiger partial charge in [0.1, 0.15) is 17.1 Å². The van der Waals surface area contributed by atoms with Crippen LogP contribution in [0.2, 0.25) is 0 Å². The summed E-state index contributed by atoms with van der Waals surface area (Å²) in [7, 11) is 2.18. The van der Waals surface area contributed by atoms with Gasteiger partial charge in [-0.3, -0.25) is 4.79 Å². The summed E-state index contributed by atoms with van der Waals surface area (Å²) >= 11 is 0. The number of hydrogen-bond acceptors (Lipinski definition) is 4. The van der Waals surface area contributed by atoms with E-state index in [0.29, 0.717) is 24.2 Å². The minimum Gasteiger partial charge on any atom is -0.493 e. The Morgan fingerprint density at radius 1 is 1.19 bits per heavy atom. The van der Waals surface area contributed by atoms with Gasteiger partial charge in [-0.2, -0.15) is 0 Å². The number of likely N-dealkylation sites (tertiary alicyclic amines) is 1. The minimum atomic E-state index is 0.00256. The van der Waals surface area contributed by atoms with Crippen molar-refractivity contribution in [1.29, 1.82) is 0 Å². The Morgan fingerprint density at radius 3 is 2.90 bits per heavy atom. The van der Waals surface area contributed by atoms with E-state index in [9.17, 15) is 4.79 Å². The normalized spacial score (nSPS) is 19.5. The van der Waals surface area contributed by atoms with Crippen molar-refractivity contribution in [2.24, 2.45) is 5.92 Å². The number of amides is 1. The maximum atomic E-state index is 13.3. The first-order valence-electron chi connectivity index (χ1n) is 11.3. The molecule has 3 heterocycles. The van der Waals surface area contributed by atoms with Crippen LogP contribution in [0.1, 0.15) is 41.7 Å². The van der Waals surface area contributed by atoms with E-state index in [4.69, 9.17) is 4.74 Å². The summed E-state index contributed by atoms with van der Waals surface area (Å²) in [6.07, 6.45) is 8.34. The lowest BCUT2D eigenvalue weighted by atomic mass is 9.99. The smallest absolute Gasteiger partial charge is 0.274 e. The summed E-state index contributed by atoms with van der Waals surface area (Å²) in [5.41, 5.74) is 2.40. The Balaban J connectivity index is 1.27. The third-order valence-corrected chi connectivity index (χ3v) is 6.29. The largest absolute Gasteiger partial charge is 0.493 e. The minimum absolute atomic E-state index is 0.00256. The van der Waals surface area contributed by atoms with Gasteiger partial charge in [-0.1, -0.05) is 18.2 Å². The highest BCUT2D eigenvalue weighted by Gasteiger charge is 2.34. The van der Waals surface area contributed by atoms with E-state index >= 15 is 0 Å². The molecular weight excluding hydrogens is 388 g/mol. The molecule has 6 heteroatoms. The predicted octanol–water partition coefficient (Wildman–Crippen LogP) is 3.86. The van der Waals surface area contributed by atoms with Gasteiger partial charge in [-0.25, -0.2) is 4.98 Å². The number of ether oxygens (including phenoxy) is 1. The summed E-state index contributed by atoms with van der Waals surface area (Å²) in [5.74, 6) is 1.48. The number of carbonyl (C=O) groups is 1. The van der Waals surface area contributed by atoms with Gasteiger partial charge in [0, 0.05) is 37.4 Å². The summed E-state index contributed by atoms with van der Waals surface area (Å²) in [5, 5.41) is 0. The number of piperidine rings is 1. The Bertz CT molecular complexity index is 1030. The third-order valence-electron chi connectivity index (χ3n) is 6.29. The number of carbonyl (C=O) groups excluding carboxylic acids is 1. The van der Waals surface area contributed by atoms with E-state index in [-0.39, 0.29) is 5.91 Å². The Morgan fingerprint density at radius 2 is 2.10 bits per heavy atom. The van der Waals surface area contributed by atoms with Crippen LogP contribution in [0.3, 0.4) is 0 Å². The molecule has 1 saturated carbocycles. The Kier molecular flexibility index (Phi) is 5.64. The van der Waals surface area contributed by atoms with Gasteiger partial charge in [0.15, 0.2) is 0 Å². The van der Waals surface area contributed by atoms with Crippen LogP contribution in [0.5, 0.6) is 5.75 Å². The molecule has 6 nitrogen and oxygen atoms in total. The SMILES string of the molecule is CN1CCCC(COc2cccc(CN(C(=O)c3cn4ccccc4n3)C3CC3)c2)C1. The molecule has 1 atom stereocenters. The summed E-state index contributed by atoms with van der Waals surface area (Å²) < 4.78 is 8.03. The second-order valence-electron chi connectivity index (χ2n) is 8.99. The average Bonchev–Trinajstić information content (AvgIpc) is 3.53. The molecule has 1 aliphatic heterocycles. The van der Waals surface area contributed by atoms with E-state index in [1.54, 1.807) is 0 Å². The van der Waals surface area contributed by atoms with Crippen molar-refractivity contribution < 1.29 is 9.53 Å². The number of benzene rings is 1. The second kappa shape index (κ2) is 8.71. The van der Waals surface area contributed by atoms with Crippen LogP contribution in [0.25, 0.3) is 5.65 Å². The first kappa shape index (κ1) is 20.1. The highest BCUT2D eigenvalue weighted by Crippen LogP contribution is 2.30. The lowest BCUT2D eigenvalue weighted by Crippen LogP contribution is -2.34. The zero-order chi connectivity index (χ0) is 21.2. The number of fused-ring (bicyclic) bond motifs is 1. The van der Waals surface area contributed by atoms with E-state index in [1.807, 2.05) is 52.0 Å². The van der Waals surface area contributed by atoms with Crippen molar-refractivity contribution in [1.82, 2.24) is 19.2 Å². The van der Waals surface area contributed by atoms with Crippen molar-refractivity contribution >= 4 is 11.6 Å². The fraction of sp³-hybridized carbons (Fsp3) is 0.440. The highest BCUT2D eigenvalue weighted by atomic mass is 16.5. The van der Waals surface area contributed by atoms with Crippen LogP contribution in [-0.4, -0.2) is 57.9 Å². The molecule has 1 unspecified atom stereocenters. The summed E-state index contributed by atoms with van der Waals surface area (Å²) in [6, 6.07) is 14.3. The highest BCUT2D eigenvalue weighted by molar-refractivity contribution is 5.93. The lowest BCUT2D eigenvalue weighted by molar-refractivity contribution is 0.0724. The molecule has 2 aliphatic rings. The monoisotopic (exact) mass is 418 g/mol. The molecule has 0 N–H and O–H groups in total. The van der Waals surface area contributed by atoms with E-state index in [1.165, 1.54) is 19.4 Å². The van der Waals surface area contributed by atoms with Crippen LogP contribution >= 0.6 is 0 Å². The molecule has 1 aliphatic carbocycles. The molecule has 1 amide bonds. The van der Waals surface area contributed by atoms with Crippen LogP contribution in [0, 0.1) is 5.92 Å². The fourth-order valence-corrected chi connectivity index (χ4v) is 4.49. The molecule has 5 rings (SSSR count). The van der Waals surface area contributed by atoms with Crippen LogP contribution in [0.4, 0.5) is 0 Å². The Labute approximate surface area is 183 Å². The lowest BCUT2D eigenvalue weighted by Gasteiger charge is -2.29. The fourth-order valence-electron chi connectivity index (χ4n) is 4.49. The van der Waals surface area contributed by atoms with E-state index in [0.717, 1.165) is 43.0 Å². The van der Waals surface area contributed by atoms with Gasteiger partial charge in [-0.05, 0) is 69.1 Å². The van der Waals surface area contributed by atoms with Gasteiger partial charge in [0.05, 0.1) is 6.61 Å². The molecule has 3 aromatic rings. The quantitative estimate of drug-likeness (QED) is 0.585. The number of pyridine rings is 1. The number of aromatic nitrogens is 2. The van der Waals surface area contributed by atoms with Crippen molar-refractivity contribution in [3.63, 3.8) is 0 Å². The van der Waals surface area contributed by atoms with Crippen LogP contribution < -0.4 is 4.74 Å². The van der Waals surface area contributed by atoms with E-state index < -0.39 is 0 Å². The average molecular weight is 419 g/mol. The molecule has 162 valence electrons. The van der Waals surface area contributed by atoms with Crippen molar-refractivity contribution in [2.75, 3.05) is 26.7 Å². The molecule has 2 aromatic heterocycles. The van der Waals surface area contributed by atoms with Crippen molar-refractivity contribution in [3.8, 4) is 5.75 Å². The molecule has 31 heavy (non-hydrogen) atoms. The third kappa shape index (κ3) is 4.74. The first-order chi connectivity index (χ1) is 15.2. The van der Waals surface area contributed by atoms with Gasteiger partial charge in [-0.15, -0.1) is 0 Å². The standard InChI is InChI=1S/C25H30N4O2/c1-27-12-5-7-20(15-27)18-31-22-8-4-6-19(14-22)16-29(21-10-11-21)25(30)23-17-28-13-3-2-9-24(28)26-23/h2-4,6,8-9,13-14,17,20-21H,5,7,10-12,15-16,18H2,1H3. The molecule has 1 saturated heterocycles. The molecule has 0 radical (unpaired) electrons. The van der Waals surface area contributed by atoms with Crippen LogP contribution in [-0.2, 0) is 6.54 Å². The van der Waals surface area contributed by atoms with Crippen molar-refractivity contribution in [2.45, 2.75) is 38.3 Å². The number of hydrogen-bond donors (Lipinski definition) is 0. The van der Waals surface area contributed by atoms with Crippen LogP contribution in [0.15, 0.2) is 54.9 Å². The zero-order valence-corrected chi connectivity index (χ0v) is 18.1. The number of imidazole rings is 1. The predicted molar refractivity (Wildman–Crippen MR) is 120 cm³/mol. The maximum Gasteiger partial charge on any atom is 0.274 e.